The number of aryl methyl sites for hydroxylation is 1. The summed E-state index contributed by atoms with van der Waals surface area (Å²) >= 11 is 0. The molecule has 3 aromatic rings. The molecule has 0 aliphatic carbocycles. The van der Waals surface area contributed by atoms with Crippen molar-refractivity contribution in [3.05, 3.63) is 100 Å². The molecule has 3 rings (SSSR count). The highest BCUT2D eigenvalue weighted by Gasteiger charge is 2.12. The molecule has 0 bridgehead atoms. The van der Waals surface area contributed by atoms with Crippen LogP contribution in [-0.2, 0) is 13.0 Å². The summed E-state index contributed by atoms with van der Waals surface area (Å²) in [6.45, 7) is 2.76. The number of benzene rings is 3. The van der Waals surface area contributed by atoms with Crippen LogP contribution in [0.2, 0.25) is 0 Å². The van der Waals surface area contributed by atoms with Gasteiger partial charge in [-0.1, -0.05) is 49.5 Å². The number of hydrogen-bond donors (Lipinski definition) is 1. The van der Waals surface area contributed by atoms with Gasteiger partial charge in [0.25, 0.3) is 0 Å². The highest BCUT2D eigenvalue weighted by Crippen LogP contribution is 2.20. The van der Waals surface area contributed by atoms with E-state index in [9.17, 15) is 9.18 Å². The molecular weight excluding hydrogens is 389 g/mol. The third kappa shape index (κ3) is 6.20. The number of aromatic carboxylic acids is 1. The normalized spacial score (nSPS) is 10.3. The van der Waals surface area contributed by atoms with E-state index in [2.05, 4.69) is 43.0 Å². The standard InChI is InChI=1S/C27H26FNO2/c1-3-4-5-20-6-8-21(9-7-20)10-11-22-12-14-23(15-13-22)19-29(2)24-16-17-26(28)25(18-24)27(30)31/h6-9,12-18H,3-5,19H2,1-2H3,(H,30,31). The third-order valence-electron chi connectivity index (χ3n) is 5.12. The van der Waals surface area contributed by atoms with Gasteiger partial charge >= 0.3 is 5.97 Å². The van der Waals surface area contributed by atoms with Gasteiger partial charge in [-0.3, -0.25) is 0 Å². The first kappa shape index (κ1) is 22.1. The van der Waals surface area contributed by atoms with Crippen molar-refractivity contribution >= 4 is 11.7 Å². The van der Waals surface area contributed by atoms with E-state index in [-0.39, 0.29) is 5.56 Å². The van der Waals surface area contributed by atoms with Gasteiger partial charge in [0, 0.05) is 30.4 Å². The highest BCUT2D eigenvalue weighted by atomic mass is 19.1. The largest absolute Gasteiger partial charge is 0.478 e. The van der Waals surface area contributed by atoms with E-state index in [1.807, 2.05) is 36.2 Å². The number of anilines is 1. The van der Waals surface area contributed by atoms with Gasteiger partial charge in [-0.05, 0) is 66.4 Å². The Kier molecular flexibility index (Phi) is 7.45. The molecule has 0 spiro atoms. The molecule has 158 valence electrons. The molecule has 0 aliphatic rings. The fourth-order valence-corrected chi connectivity index (χ4v) is 3.25. The minimum absolute atomic E-state index is 0.326. The zero-order chi connectivity index (χ0) is 22.2. The second-order valence-corrected chi connectivity index (χ2v) is 7.57. The van der Waals surface area contributed by atoms with Crippen LogP contribution in [0.5, 0.6) is 0 Å². The van der Waals surface area contributed by atoms with Crippen LogP contribution in [0, 0.1) is 17.7 Å². The smallest absolute Gasteiger partial charge is 0.338 e. The van der Waals surface area contributed by atoms with E-state index in [4.69, 9.17) is 5.11 Å². The van der Waals surface area contributed by atoms with E-state index >= 15 is 0 Å². The van der Waals surface area contributed by atoms with Crippen molar-refractivity contribution in [1.29, 1.82) is 0 Å². The summed E-state index contributed by atoms with van der Waals surface area (Å²) in [5.41, 5.74) is 4.64. The maximum atomic E-state index is 13.6. The first-order valence-electron chi connectivity index (χ1n) is 10.4. The van der Waals surface area contributed by atoms with Gasteiger partial charge in [0.15, 0.2) is 0 Å². The van der Waals surface area contributed by atoms with Crippen LogP contribution in [-0.4, -0.2) is 18.1 Å². The average molecular weight is 416 g/mol. The van der Waals surface area contributed by atoms with Gasteiger partial charge in [0.2, 0.25) is 0 Å². The van der Waals surface area contributed by atoms with Crippen LogP contribution < -0.4 is 4.90 Å². The van der Waals surface area contributed by atoms with Crippen LogP contribution >= 0.6 is 0 Å². The van der Waals surface area contributed by atoms with Crippen molar-refractivity contribution in [3.63, 3.8) is 0 Å². The average Bonchev–Trinajstić information content (AvgIpc) is 2.78. The Hall–Kier alpha value is -3.58. The Balaban J connectivity index is 1.64. The maximum Gasteiger partial charge on any atom is 0.338 e. The molecule has 0 aliphatic heterocycles. The lowest BCUT2D eigenvalue weighted by molar-refractivity contribution is 0.0692. The Morgan fingerprint density at radius 1 is 0.935 bits per heavy atom. The zero-order valence-electron chi connectivity index (χ0n) is 17.9. The van der Waals surface area contributed by atoms with Crippen molar-refractivity contribution in [2.75, 3.05) is 11.9 Å². The summed E-state index contributed by atoms with van der Waals surface area (Å²) in [5.74, 6) is 4.39. The minimum Gasteiger partial charge on any atom is -0.478 e. The predicted octanol–water partition coefficient (Wildman–Crippen LogP) is 5.90. The number of halogens is 1. The molecule has 0 saturated heterocycles. The van der Waals surface area contributed by atoms with Crippen LogP contribution in [0.25, 0.3) is 0 Å². The number of hydrogen-bond acceptors (Lipinski definition) is 2. The zero-order valence-corrected chi connectivity index (χ0v) is 17.9. The molecule has 0 aromatic heterocycles. The summed E-state index contributed by atoms with van der Waals surface area (Å²) < 4.78 is 13.6. The fraction of sp³-hybridized carbons (Fsp3) is 0.222. The van der Waals surface area contributed by atoms with Crippen LogP contribution in [0.15, 0.2) is 66.7 Å². The summed E-state index contributed by atoms with van der Waals surface area (Å²) in [7, 11) is 1.84. The lowest BCUT2D eigenvalue weighted by atomic mass is 10.1. The van der Waals surface area contributed by atoms with E-state index in [1.165, 1.54) is 30.5 Å². The fourth-order valence-electron chi connectivity index (χ4n) is 3.25. The molecule has 0 atom stereocenters. The van der Waals surface area contributed by atoms with E-state index < -0.39 is 11.8 Å². The molecule has 3 aromatic carbocycles. The molecule has 0 fully saturated rings. The van der Waals surface area contributed by atoms with Gasteiger partial charge in [-0.15, -0.1) is 0 Å². The van der Waals surface area contributed by atoms with Crippen molar-refractivity contribution in [2.24, 2.45) is 0 Å². The summed E-state index contributed by atoms with van der Waals surface area (Å²) in [4.78, 5) is 13.0. The third-order valence-corrected chi connectivity index (χ3v) is 5.12. The number of nitrogens with zero attached hydrogens (tertiary/aromatic N) is 1. The predicted molar refractivity (Wildman–Crippen MR) is 123 cm³/mol. The monoisotopic (exact) mass is 415 g/mol. The van der Waals surface area contributed by atoms with Crippen molar-refractivity contribution < 1.29 is 14.3 Å². The second-order valence-electron chi connectivity index (χ2n) is 7.57. The van der Waals surface area contributed by atoms with E-state index in [1.54, 1.807) is 6.07 Å². The summed E-state index contributed by atoms with van der Waals surface area (Å²) in [5, 5.41) is 9.10. The maximum absolute atomic E-state index is 13.6. The van der Waals surface area contributed by atoms with Gasteiger partial charge < -0.3 is 10.0 Å². The first-order valence-corrected chi connectivity index (χ1v) is 10.4. The number of carboxylic acids is 1. The van der Waals surface area contributed by atoms with Crippen LogP contribution in [0.1, 0.15) is 52.4 Å². The molecule has 0 radical (unpaired) electrons. The molecule has 1 N–H and O–H groups in total. The van der Waals surface area contributed by atoms with Gasteiger partial charge in [0.05, 0.1) is 5.56 Å². The molecule has 31 heavy (non-hydrogen) atoms. The SMILES string of the molecule is CCCCc1ccc(C#Cc2ccc(CN(C)c3ccc(F)c(C(=O)O)c3)cc2)cc1. The molecule has 0 heterocycles. The van der Waals surface area contributed by atoms with Crippen molar-refractivity contribution in [1.82, 2.24) is 0 Å². The number of unbranched alkanes of at least 4 members (excludes halogenated alkanes) is 1. The molecule has 3 nitrogen and oxygen atoms in total. The van der Waals surface area contributed by atoms with Crippen molar-refractivity contribution in [3.8, 4) is 11.8 Å². The second kappa shape index (κ2) is 10.4. The molecule has 0 saturated carbocycles. The number of rotatable bonds is 7. The Bertz CT molecular complexity index is 1090. The molecule has 0 unspecified atom stereocenters. The number of carbonyl (C=O) groups is 1. The first-order chi connectivity index (χ1) is 15.0. The number of carboxylic acid groups (broad SMARTS) is 1. The summed E-state index contributed by atoms with van der Waals surface area (Å²) in [6, 6.07) is 20.5. The van der Waals surface area contributed by atoms with Crippen LogP contribution in [0.4, 0.5) is 10.1 Å². The highest BCUT2D eigenvalue weighted by molar-refractivity contribution is 5.89. The van der Waals surface area contributed by atoms with Crippen molar-refractivity contribution in [2.45, 2.75) is 32.7 Å². The van der Waals surface area contributed by atoms with Gasteiger partial charge in [-0.25, -0.2) is 9.18 Å². The lowest BCUT2D eigenvalue weighted by Gasteiger charge is -2.20. The molecule has 4 heteroatoms. The Morgan fingerprint density at radius 2 is 1.52 bits per heavy atom. The van der Waals surface area contributed by atoms with E-state index in [0.717, 1.165) is 23.1 Å². The van der Waals surface area contributed by atoms with E-state index in [0.29, 0.717) is 12.2 Å². The Labute approximate surface area is 183 Å². The lowest BCUT2D eigenvalue weighted by Crippen LogP contribution is -2.17. The van der Waals surface area contributed by atoms with Gasteiger partial charge in [-0.2, -0.15) is 0 Å². The summed E-state index contributed by atoms with van der Waals surface area (Å²) in [6.07, 6.45) is 3.50. The topological polar surface area (TPSA) is 40.5 Å². The minimum atomic E-state index is -1.27. The quantitative estimate of drug-likeness (QED) is 0.488. The Morgan fingerprint density at radius 3 is 2.06 bits per heavy atom. The molecule has 0 amide bonds. The van der Waals surface area contributed by atoms with Gasteiger partial charge in [0.1, 0.15) is 5.82 Å². The molecular formula is C27H26FNO2. The van der Waals surface area contributed by atoms with Crippen LogP contribution in [0.3, 0.4) is 0 Å².